The number of aliphatic hydroxyl groups excluding tert-OH is 2. The summed E-state index contributed by atoms with van der Waals surface area (Å²) in [5.74, 6) is 0. The van der Waals surface area contributed by atoms with Crippen LogP contribution in [0.1, 0.15) is 25.2 Å². The first-order valence-electron chi connectivity index (χ1n) is 6.40. The van der Waals surface area contributed by atoms with Crippen LogP contribution >= 0.6 is 0 Å². The molecule has 0 aliphatic rings. The zero-order valence-corrected chi connectivity index (χ0v) is 12.3. The van der Waals surface area contributed by atoms with Crippen molar-refractivity contribution in [2.45, 2.75) is 45.9 Å². The fourth-order valence-corrected chi connectivity index (χ4v) is 1.84. The molecular weight excluding hydrogens is 264 g/mol. The highest BCUT2D eigenvalue weighted by atomic mass is 16.6. The van der Waals surface area contributed by atoms with Crippen molar-refractivity contribution >= 4 is 5.69 Å². The summed E-state index contributed by atoms with van der Waals surface area (Å²) in [6.45, 7) is 7.18. The van der Waals surface area contributed by atoms with Crippen LogP contribution in [0.5, 0.6) is 0 Å². The van der Waals surface area contributed by atoms with Gasteiger partial charge in [0.2, 0.25) is 0 Å². The number of rotatable bonds is 7. The van der Waals surface area contributed by atoms with E-state index < -0.39 is 16.6 Å². The van der Waals surface area contributed by atoms with Gasteiger partial charge in [-0.05, 0) is 27.7 Å². The molecule has 0 saturated heterocycles. The normalized spacial score (nSPS) is 13.5. The minimum atomic E-state index is -0.751. The van der Waals surface area contributed by atoms with Crippen molar-refractivity contribution in [3.63, 3.8) is 0 Å². The van der Waals surface area contributed by atoms with Crippen LogP contribution in [0.15, 0.2) is 0 Å². The number of aromatic nitrogens is 2. The number of hydrogen-bond donors (Lipinski definition) is 3. The highest BCUT2D eigenvalue weighted by molar-refractivity contribution is 5.39. The van der Waals surface area contributed by atoms with Crippen LogP contribution < -0.4 is 5.32 Å². The Bertz CT molecular complexity index is 484. The lowest BCUT2D eigenvalue weighted by molar-refractivity contribution is -0.386. The maximum absolute atomic E-state index is 10.9. The maximum atomic E-state index is 10.9. The number of nitrogens with one attached hydrogen (secondary N) is 1. The summed E-state index contributed by atoms with van der Waals surface area (Å²) >= 11 is 0. The fourth-order valence-electron chi connectivity index (χ4n) is 1.84. The highest BCUT2D eigenvalue weighted by Crippen LogP contribution is 2.21. The van der Waals surface area contributed by atoms with Crippen LogP contribution in [-0.4, -0.2) is 49.7 Å². The molecule has 0 saturated carbocycles. The summed E-state index contributed by atoms with van der Waals surface area (Å²) in [7, 11) is 0. The van der Waals surface area contributed by atoms with Gasteiger partial charge in [0.15, 0.2) is 0 Å². The third-order valence-corrected chi connectivity index (χ3v) is 3.12. The zero-order chi connectivity index (χ0) is 15.5. The van der Waals surface area contributed by atoms with Crippen molar-refractivity contribution in [3.8, 4) is 0 Å². The SMILES string of the molecule is Cc1nn(CC(O)CNC(C)(C)CO)c(C)c1[N+](=O)[O-]. The number of aliphatic hydroxyl groups is 2. The molecule has 3 N–H and O–H groups in total. The predicted octanol–water partition coefficient (Wildman–Crippen LogP) is 0.130. The lowest BCUT2D eigenvalue weighted by atomic mass is 10.1. The van der Waals surface area contributed by atoms with Crippen LogP contribution in [0.2, 0.25) is 0 Å². The van der Waals surface area contributed by atoms with Gasteiger partial charge in [0.1, 0.15) is 11.4 Å². The zero-order valence-electron chi connectivity index (χ0n) is 12.3. The standard InChI is InChI=1S/C12H22N4O4/c1-8-11(16(19)20)9(2)15(14-8)6-10(18)5-13-12(3,4)7-17/h10,13,17-18H,5-7H2,1-4H3. The molecule has 0 aromatic carbocycles. The minimum Gasteiger partial charge on any atom is -0.394 e. The molecule has 0 amide bonds. The summed E-state index contributed by atoms with van der Waals surface area (Å²) in [6.07, 6.45) is -0.751. The Balaban J connectivity index is 2.70. The van der Waals surface area contributed by atoms with E-state index in [0.717, 1.165) is 0 Å². The van der Waals surface area contributed by atoms with Gasteiger partial charge in [-0.15, -0.1) is 0 Å². The smallest absolute Gasteiger partial charge is 0.312 e. The molecule has 8 nitrogen and oxygen atoms in total. The van der Waals surface area contributed by atoms with Crippen molar-refractivity contribution < 1.29 is 15.1 Å². The van der Waals surface area contributed by atoms with Gasteiger partial charge in [-0.25, -0.2) is 0 Å². The Morgan fingerprint density at radius 3 is 2.55 bits per heavy atom. The number of nitro groups is 1. The molecule has 1 heterocycles. The molecule has 1 aromatic heterocycles. The van der Waals surface area contributed by atoms with Crippen LogP contribution in [0.3, 0.4) is 0 Å². The Labute approximate surface area is 117 Å². The highest BCUT2D eigenvalue weighted by Gasteiger charge is 2.23. The molecule has 8 heteroatoms. The van der Waals surface area contributed by atoms with E-state index in [1.807, 2.05) is 13.8 Å². The largest absolute Gasteiger partial charge is 0.394 e. The average Bonchev–Trinajstić information content (AvgIpc) is 2.62. The Morgan fingerprint density at radius 2 is 2.10 bits per heavy atom. The van der Waals surface area contributed by atoms with E-state index in [4.69, 9.17) is 5.11 Å². The molecule has 0 aliphatic heterocycles. The van der Waals surface area contributed by atoms with Crippen LogP contribution in [0, 0.1) is 24.0 Å². The van der Waals surface area contributed by atoms with Crippen molar-refractivity contribution in [3.05, 3.63) is 21.5 Å². The van der Waals surface area contributed by atoms with Crippen LogP contribution in [0.25, 0.3) is 0 Å². The second-order valence-corrected chi connectivity index (χ2v) is 5.54. The lowest BCUT2D eigenvalue weighted by Gasteiger charge is -2.25. The Hall–Kier alpha value is -1.51. The molecular formula is C12H22N4O4. The first-order valence-corrected chi connectivity index (χ1v) is 6.40. The first-order chi connectivity index (χ1) is 9.18. The van der Waals surface area contributed by atoms with E-state index in [1.54, 1.807) is 13.8 Å². The summed E-state index contributed by atoms with van der Waals surface area (Å²) in [6, 6.07) is 0. The van der Waals surface area contributed by atoms with Crippen molar-refractivity contribution in [1.82, 2.24) is 15.1 Å². The molecule has 1 rings (SSSR count). The molecule has 114 valence electrons. The monoisotopic (exact) mass is 286 g/mol. The Kier molecular flexibility index (Phi) is 5.21. The van der Waals surface area contributed by atoms with Gasteiger partial charge in [0, 0.05) is 12.1 Å². The van der Waals surface area contributed by atoms with E-state index in [-0.39, 0.29) is 25.4 Å². The van der Waals surface area contributed by atoms with E-state index in [9.17, 15) is 15.2 Å². The van der Waals surface area contributed by atoms with Gasteiger partial charge in [-0.3, -0.25) is 14.8 Å². The van der Waals surface area contributed by atoms with Crippen LogP contribution in [-0.2, 0) is 6.54 Å². The first kappa shape index (κ1) is 16.5. The van der Waals surface area contributed by atoms with E-state index in [2.05, 4.69) is 10.4 Å². The van der Waals surface area contributed by atoms with Gasteiger partial charge in [0.25, 0.3) is 0 Å². The average molecular weight is 286 g/mol. The van der Waals surface area contributed by atoms with E-state index >= 15 is 0 Å². The summed E-state index contributed by atoms with van der Waals surface area (Å²) in [5, 5.41) is 37.0. The molecule has 20 heavy (non-hydrogen) atoms. The fraction of sp³-hybridized carbons (Fsp3) is 0.750. The van der Waals surface area contributed by atoms with Gasteiger partial charge in [-0.1, -0.05) is 0 Å². The van der Waals surface area contributed by atoms with Crippen LogP contribution in [0.4, 0.5) is 5.69 Å². The topological polar surface area (TPSA) is 113 Å². The molecule has 1 unspecified atom stereocenters. The summed E-state index contributed by atoms with van der Waals surface area (Å²) in [5.41, 5.74) is 0.263. The molecule has 0 radical (unpaired) electrons. The van der Waals surface area contributed by atoms with Gasteiger partial charge in [-0.2, -0.15) is 5.10 Å². The third-order valence-electron chi connectivity index (χ3n) is 3.12. The van der Waals surface area contributed by atoms with E-state index in [1.165, 1.54) is 4.68 Å². The van der Waals surface area contributed by atoms with Crippen molar-refractivity contribution in [1.29, 1.82) is 0 Å². The van der Waals surface area contributed by atoms with Gasteiger partial charge < -0.3 is 15.5 Å². The van der Waals surface area contributed by atoms with Gasteiger partial charge in [0.05, 0.1) is 24.2 Å². The lowest BCUT2D eigenvalue weighted by Crippen LogP contribution is -2.46. The minimum absolute atomic E-state index is 0.0131. The number of aryl methyl sites for hydroxylation is 1. The number of β-amino-alcohol motifs (C(OH)–C–C–N with tert-alkyl or cyclic N) is 1. The molecule has 0 bridgehead atoms. The predicted molar refractivity (Wildman–Crippen MR) is 73.5 cm³/mol. The second-order valence-electron chi connectivity index (χ2n) is 5.54. The second kappa shape index (κ2) is 6.29. The molecule has 1 aromatic rings. The molecule has 0 fully saturated rings. The quantitative estimate of drug-likeness (QED) is 0.485. The number of hydrogen-bond acceptors (Lipinski definition) is 6. The maximum Gasteiger partial charge on any atom is 0.312 e. The van der Waals surface area contributed by atoms with Crippen molar-refractivity contribution in [2.24, 2.45) is 0 Å². The molecule has 1 atom stereocenters. The van der Waals surface area contributed by atoms with Gasteiger partial charge >= 0.3 is 5.69 Å². The summed E-state index contributed by atoms with van der Waals surface area (Å²) < 4.78 is 1.44. The molecule has 0 spiro atoms. The van der Waals surface area contributed by atoms with E-state index in [0.29, 0.717) is 11.4 Å². The summed E-state index contributed by atoms with van der Waals surface area (Å²) in [4.78, 5) is 10.4. The third kappa shape index (κ3) is 3.99. The Morgan fingerprint density at radius 1 is 1.50 bits per heavy atom. The molecule has 0 aliphatic carbocycles. The van der Waals surface area contributed by atoms with Crippen molar-refractivity contribution in [2.75, 3.05) is 13.2 Å². The number of nitrogens with zero attached hydrogens (tertiary/aromatic N) is 3.